The van der Waals surface area contributed by atoms with Crippen LogP contribution in [0.5, 0.6) is 0 Å². The molecule has 0 aliphatic carbocycles. The average Bonchev–Trinajstić information content (AvgIpc) is 2.41. The van der Waals surface area contributed by atoms with E-state index in [4.69, 9.17) is 0 Å². The molecular formula is C19H35NP2. The maximum Gasteiger partial charge on any atom is 0.0386 e. The lowest BCUT2D eigenvalue weighted by atomic mass is 10.3. The predicted octanol–water partition coefficient (Wildman–Crippen LogP) is 6.47. The maximum absolute atomic E-state index is 3.70. The second-order valence-electron chi connectivity index (χ2n) is 7.26. The number of nitrogens with one attached hydrogen (secondary N) is 1. The van der Waals surface area contributed by atoms with Crippen molar-refractivity contribution < 1.29 is 0 Å². The van der Waals surface area contributed by atoms with E-state index >= 15 is 0 Å². The summed E-state index contributed by atoms with van der Waals surface area (Å²) in [5.74, 6) is 2.50. The molecule has 1 N–H and O–H groups in total. The van der Waals surface area contributed by atoms with Crippen molar-refractivity contribution in [1.82, 2.24) is 5.32 Å². The molecule has 0 radical (unpaired) electrons. The molecule has 3 heteroatoms. The molecule has 0 bridgehead atoms. The molecule has 0 aromatic rings. The van der Waals surface area contributed by atoms with Gasteiger partial charge in [0.15, 0.2) is 0 Å². The monoisotopic (exact) mass is 339 g/mol. The van der Waals surface area contributed by atoms with Gasteiger partial charge >= 0.3 is 0 Å². The fraction of sp³-hybridized carbons (Fsp3) is 0.684. The normalized spacial score (nSPS) is 17.5. The zero-order valence-electron chi connectivity index (χ0n) is 15.7. The average molecular weight is 339 g/mol. The summed E-state index contributed by atoms with van der Waals surface area (Å²) < 4.78 is 0. The Labute approximate surface area is 141 Å². The first-order valence-corrected chi connectivity index (χ1v) is 11.8. The van der Waals surface area contributed by atoms with Crippen molar-refractivity contribution in [3.05, 3.63) is 35.4 Å². The first-order chi connectivity index (χ1) is 10.2. The van der Waals surface area contributed by atoms with Gasteiger partial charge in [-0.15, -0.1) is 0 Å². The van der Waals surface area contributed by atoms with Gasteiger partial charge in [0, 0.05) is 17.6 Å². The van der Waals surface area contributed by atoms with Gasteiger partial charge in [-0.25, -0.2) is 0 Å². The van der Waals surface area contributed by atoms with Gasteiger partial charge in [-0.3, -0.25) is 0 Å². The van der Waals surface area contributed by atoms with Gasteiger partial charge < -0.3 is 5.32 Å². The van der Waals surface area contributed by atoms with Crippen LogP contribution in [0.4, 0.5) is 0 Å². The Morgan fingerprint density at radius 1 is 0.909 bits per heavy atom. The van der Waals surface area contributed by atoms with Crippen LogP contribution >= 0.6 is 15.8 Å². The molecule has 1 rings (SSSR count). The fourth-order valence-corrected chi connectivity index (χ4v) is 7.68. The molecule has 0 saturated carbocycles. The van der Waals surface area contributed by atoms with Gasteiger partial charge in [0.05, 0.1) is 0 Å². The van der Waals surface area contributed by atoms with Crippen LogP contribution in [0.1, 0.15) is 55.4 Å². The Balaban J connectivity index is 2.80. The summed E-state index contributed by atoms with van der Waals surface area (Å²) in [6.07, 6.45) is 7.94. The molecule has 126 valence electrons. The SMILES string of the molecule is CC(C)P(C=C1C=CC=C(CP(C(C)C)C(C)C)N1)C(C)C. The molecule has 0 spiro atoms. The van der Waals surface area contributed by atoms with Crippen LogP contribution in [-0.2, 0) is 0 Å². The van der Waals surface area contributed by atoms with E-state index in [0.29, 0.717) is 0 Å². The highest BCUT2D eigenvalue weighted by molar-refractivity contribution is 7.62. The van der Waals surface area contributed by atoms with E-state index in [0.717, 1.165) is 22.6 Å². The van der Waals surface area contributed by atoms with Gasteiger partial charge in [-0.1, -0.05) is 77.3 Å². The highest BCUT2D eigenvalue weighted by atomic mass is 31.1. The smallest absolute Gasteiger partial charge is 0.0386 e. The maximum atomic E-state index is 3.70. The number of rotatable bonds is 7. The fourth-order valence-electron chi connectivity index (χ4n) is 2.92. The summed E-state index contributed by atoms with van der Waals surface area (Å²) in [5, 5.41) is 3.70. The van der Waals surface area contributed by atoms with E-state index in [1.807, 2.05) is 0 Å². The quantitative estimate of drug-likeness (QED) is 0.524. The molecule has 1 nitrogen and oxygen atoms in total. The molecule has 0 unspecified atom stereocenters. The largest absolute Gasteiger partial charge is 0.359 e. The Morgan fingerprint density at radius 3 is 1.91 bits per heavy atom. The van der Waals surface area contributed by atoms with Crippen LogP contribution in [0.25, 0.3) is 0 Å². The minimum Gasteiger partial charge on any atom is -0.359 e. The molecular weight excluding hydrogens is 304 g/mol. The van der Waals surface area contributed by atoms with Gasteiger partial charge in [-0.2, -0.15) is 0 Å². The zero-order chi connectivity index (χ0) is 16.9. The Kier molecular flexibility index (Phi) is 8.37. The number of dihydropyridines is 1. The van der Waals surface area contributed by atoms with E-state index in [1.54, 1.807) is 0 Å². The summed E-state index contributed by atoms with van der Waals surface area (Å²) >= 11 is 0. The van der Waals surface area contributed by atoms with Crippen molar-refractivity contribution >= 4 is 15.8 Å². The lowest BCUT2D eigenvalue weighted by Gasteiger charge is -2.29. The topological polar surface area (TPSA) is 12.0 Å². The second-order valence-corrected chi connectivity index (χ2v) is 13.9. The molecule has 0 aromatic carbocycles. The van der Waals surface area contributed by atoms with E-state index < -0.39 is 0 Å². The van der Waals surface area contributed by atoms with Crippen molar-refractivity contribution in [1.29, 1.82) is 0 Å². The molecule has 1 aliphatic heterocycles. The summed E-state index contributed by atoms with van der Waals surface area (Å²) in [5.41, 5.74) is 5.79. The van der Waals surface area contributed by atoms with Gasteiger partial charge in [0.25, 0.3) is 0 Å². The van der Waals surface area contributed by atoms with Gasteiger partial charge in [-0.05, 0) is 40.6 Å². The van der Waals surface area contributed by atoms with Gasteiger partial charge in [0.2, 0.25) is 0 Å². The van der Waals surface area contributed by atoms with E-state index in [1.165, 1.54) is 17.6 Å². The Bertz CT molecular complexity index is 415. The van der Waals surface area contributed by atoms with Crippen molar-refractivity contribution in [2.75, 3.05) is 6.16 Å². The molecule has 1 heterocycles. The highest BCUT2D eigenvalue weighted by Gasteiger charge is 2.20. The summed E-state index contributed by atoms with van der Waals surface area (Å²) in [4.78, 5) is 0. The molecule has 0 aromatic heterocycles. The summed E-state index contributed by atoms with van der Waals surface area (Å²) in [6.45, 7) is 18.9. The molecule has 22 heavy (non-hydrogen) atoms. The Hall–Kier alpha value is -0.120. The lowest BCUT2D eigenvalue weighted by molar-refractivity contribution is 0.957. The molecule has 0 saturated heterocycles. The minimum absolute atomic E-state index is 0.0476. The van der Waals surface area contributed by atoms with Crippen molar-refractivity contribution in [3.8, 4) is 0 Å². The molecule has 0 fully saturated rings. The molecule has 0 amide bonds. The summed E-state index contributed by atoms with van der Waals surface area (Å²) in [6, 6.07) is 0. The first kappa shape index (κ1) is 19.9. The van der Waals surface area contributed by atoms with Crippen LogP contribution in [0, 0.1) is 0 Å². The van der Waals surface area contributed by atoms with Crippen LogP contribution in [-0.4, -0.2) is 28.8 Å². The number of allylic oxidation sites excluding steroid dienone is 4. The van der Waals surface area contributed by atoms with Crippen LogP contribution in [0.3, 0.4) is 0 Å². The zero-order valence-corrected chi connectivity index (χ0v) is 17.5. The minimum atomic E-state index is -0.0635. The van der Waals surface area contributed by atoms with E-state index in [9.17, 15) is 0 Å². The third-order valence-corrected chi connectivity index (χ3v) is 10.4. The summed E-state index contributed by atoms with van der Waals surface area (Å²) in [7, 11) is -0.0159. The molecule has 1 aliphatic rings. The third kappa shape index (κ3) is 6.17. The predicted molar refractivity (Wildman–Crippen MR) is 108 cm³/mol. The van der Waals surface area contributed by atoms with Crippen LogP contribution < -0.4 is 5.32 Å². The molecule has 0 atom stereocenters. The Morgan fingerprint density at radius 2 is 1.45 bits per heavy atom. The second kappa shape index (κ2) is 9.24. The lowest BCUT2D eigenvalue weighted by Crippen LogP contribution is -2.20. The number of hydrogen-bond acceptors (Lipinski definition) is 1. The van der Waals surface area contributed by atoms with Crippen molar-refractivity contribution in [2.24, 2.45) is 0 Å². The third-order valence-electron chi connectivity index (χ3n) is 4.04. The first-order valence-electron chi connectivity index (χ1n) is 8.61. The number of hydrogen-bond donors (Lipinski definition) is 1. The highest BCUT2D eigenvalue weighted by Crippen LogP contribution is 2.49. The van der Waals surface area contributed by atoms with Crippen LogP contribution in [0.15, 0.2) is 35.4 Å². The van der Waals surface area contributed by atoms with E-state index in [-0.39, 0.29) is 15.8 Å². The van der Waals surface area contributed by atoms with Crippen molar-refractivity contribution in [3.63, 3.8) is 0 Å². The standard InChI is InChI=1S/C19H35NP2/c1-14(2)21(15(3)4)12-18-10-9-11-19(20-18)13-22(16(5)6)17(7)8/h9-12,14-17,20H,13H2,1-8H3. The van der Waals surface area contributed by atoms with E-state index in [2.05, 4.69) is 84.8 Å². The van der Waals surface area contributed by atoms with Gasteiger partial charge in [0.1, 0.15) is 0 Å². The van der Waals surface area contributed by atoms with Crippen molar-refractivity contribution in [2.45, 2.75) is 78.0 Å². The van der Waals surface area contributed by atoms with Crippen LogP contribution in [0.2, 0.25) is 0 Å².